The van der Waals surface area contributed by atoms with E-state index >= 15 is 0 Å². The standard InChI is InChI=1S/C9H19NOSi/c1-9(7-8-10(2)3)11-12(4,5)6/h7-8H,1H2,2-6H3. The second-order valence-electron chi connectivity index (χ2n) is 3.96. The first-order chi connectivity index (χ1) is 5.31. The van der Waals surface area contributed by atoms with E-state index in [9.17, 15) is 0 Å². The zero-order chi connectivity index (χ0) is 9.78. The van der Waals surface area contributed by atoms with Crippen LogP contribution in [0.15, 0.2) is 24.6 Å². The lowest BCUT2D eigenvalue weighted by atomic mass is 10.5. The summed E-state index contributed by atoms with van der Waals surface area (Å²) < 4.78 is 5.62. The normalized spacial score (nSPS) is 11.8. The number of rotatable bonds is 4. The Bertz CT molecular complexity index is 179. The Morgan fingerprint density at radius 1 is 1.33 bits per heavy atom. The summed E-state index contributed by atoms with van der Waals surface area (Å²) in [6.45, 7) is 10.2. The van der Waals surface area contributed by atoms with E-state index in [0.29, 0.717) is 0 Å². The van der Waals surface area contributed by atoms with Gasteiger partial charge in [-0.3, -0.25) is 0 Å². The van der Waals surface area contributed by atoms with Gasteiger partial charge in [0.2, 0.25) is 8.32 Å². The molecule has 0 fully saturated rings. The van der Waals surface area contributed by atoms with Crippen LogP contribution < -0.4 is 0 Å². The molecule has 0 radical (unpaired) electrons. The van der Waals surface area contributed by atoms with Crippen molar-refractivity contribution in [2.45, 2.75) is 19.6 Å². The van der Waals surface area contributed by atoms with Crippen molar-refractivity contribution in [2.75, 3.05) is 14.1 Å². The molecule has 0 amide bonds. The SMILES string of the molecule is C=C(C=CN(C)C)O[Si](C)(C)C. The topological polar surface area (TPSA) is 12.5 Å². The molecule has 12 heavy (non-hydrogen) atoms. The Hall–Kier alpha value is -0.703. The molecule has 2 nitrogen and oxygen atoms in total. The summed E-state index contributed by atoms with van der Waals surface area (Å²) in [7, 11) is 2.48. The molecule has 0 bridgehead atoms. The minimum atomic E-state index is -1.46. The van der Waals surface area contributed by atoms with E-state index in [1.807, 2.05) is 31.3 Å². The largest absolute Gasteiger partial charge is 0.545 e. The van der Waals surface area contributed by atoms with Crippen LogP contribution in [0, 0.1) is 0 Å². The highest BCUT2D eigenvalue weighted by molar-refractivity contribution is 6.70. The van der Waals surface area contributed by atoms with Crippen molar-refractivity contribution in [1.82, 2.24) is 4.90 Å². The molecular weight excluding hydrogens is 166 g/mol. The quantitative estimate of drug-likeness (QED) is 0.379. The van der Waals surface area contributed by atoms with Crippen molar-refractivity contribution in [3.05, 3.63) is 24.6 Å². The van der Waals surface area contributed by atoms with Gasteiger partial charge in [-0.15, -0.1) is 0 Å². The van der Waals surface area contributed by atoms with Gasteiger partial charge in [0.05, 0.1) is 5.76 Å². The lowest BCUT2D eigenvalue weighted by molar-refractivity contribution is 0.440. The molecule has 0 unspecified atom stereocenters. The average Bonchev–Trinajstić information content (AvgIpc) is 1.79. The van der Waals surface area contributed by atoms with E-state index in [1.54, 1.807) is 0 Å². The predicted octanol–water partition coefficient (Wildman–Crippen LogP) is 2.43. The van der Waals surface area contributed by atoms with Crippen LogP contribution in [-0.4, -0.2) is 27.3 Å². The Morgan fingerprint density at radius 3 is 2.17 bits per heavy atom. The summed E-state index contributed by atoms with van der Waals surface area (Å²) in [6, 6.07) is 0. The van der Waals surface area contributed by atoms with Gasteiger partial charge in [-0.05, 0) is 25.7 Å². The van der Waals surface area contributed by atoms with Gasteiger partial charge in [-0.1, -0.05) is 6.58 Å². The van der Waals surface area contributed by atoms with Crippen LogP contribution in [0.5, 0.6) is 0 Å². The van der Waals surface area contributed by atoms with Crippen molar-refractivity contribution in [3.63, 3.8) is 0 Å². The highest BCUT2D eigenvalue weighted by Gasteiger charge is 2.15. The molecule has 0 saturated carbocycles. The van der Waals surface area contributed by atoms with Gasteiger partial charge in [-0.25, -0.2) is 0 Å². The first-order valence-corrected chi connectivity index (χ1v) is 7.44. The van der Waals surface area contributed by atoms with Gasteiger partial charge >= 0.3 is 0 Å². The number of nitrogens with zero attached hydrogens (tertiary/aromatic N) is 1. The molecule has 0 N–H and O–H groups in total. The van der Waals surface area contributed by atoms with Gasteiger partial charge in [0, 0.05) is 20.3 Å². The molecule has 0 saturated heterocycles. The van der Waals surface area contributed by atoms with Crippen molar-refractivity contribution < 1.29 is 4.43 Å². The molecule has 0 aliphatic heterocycles. The van der Waals surface area contributed by atoms with Crippen molar-refractivity contribution >= 4 is 8.32 Å². The molecule has 0 aromatic heterocycles. The summed E-state index contributed by atoms with van der Waals surface area (Å²) in [5, 5.41) is 0. The van der Waals surface area contributed by atoms with Gasteiger partial charge in [-0.2, -0.15) is 0 Å². The molecule has 0 aliphatic carbocycles. The molecule has 0 aromatic carbocycles. The lowest BCUT2D eigenvalue weighted by Crippen LogP contribution is -2.24. The first kappa shape index (κ1) is 11.3. The third kappa shape index (κ3) is 7.40. The molecular formula is C9H19NOSi. The van der Waals surface area contributed by atoms with Crippen LogP contribution >= 0.6 is 0 Å². The minimum Gasteiger partial charge on any atom is -0.545 e. The third-order valence-corrected chi connectivity index (χ3v) is 1.87. The number of allylic oxidation sites excluding steroid dienone is 1. The summed E-state index contributed by atoms with van der Waals surface area (Å²) in [5.74, 6) is 0.753. The summed E-state index contributed by atoms with van der Waals surface area (Å²) in [4.78, 5) is 1.96. The van der Waals surface area contributed by atoms with Gasteiger partial charge in [0.1, 0.15) is 0 Å². The average molecular weight is 185 g/mol. The van der Waals surface area contributed by atoms with Crippen LogP contribution in [0.4, 0.5) is 0 Å². The van der Waals surface area contributed by atoms with Crippen LogP contribution in [0.3, 0.4) is 0 Å². The van der Waals surface area contributed by atoms with Gasteiger partial charge in [0.25, 0.3) is 0 Å². The zero-order valence-electron chi connectivity index (χ0n) is 8.72. The first-order valence-electron chi connectivity index (χ1n) is 4.04. The maximum absolute atomic E-state index is 5.62. The molecule has 3 heteroatoms. The molecule has 0 heterocycles. The fourth-order valence-corrected chi connectivity index (χ4v) is 1.51. The summed E-state index contributed by atoms with van der Waals surface area (Å²) in [5.41, 5.74) is 0. The molecule has 0 aliphatic rings. The Labute approximate surface area is 76.7 Å². The van der Waals surface area contributed by atoms with E-state index in [-0.39, 0.29) is 0 Å². The molecule has 0 atom stereocenters. The molecule has 0 aromatic rings. The maximum Gasteiger partial charge on any atom is 0.242 e. The van der Waals surface area contributed by atoms with E-state index in [0.717, 1.165) is 5.76 Å². The van der Waals surface area contributed by atoms with E-state index in [4.69, 9.17) is 4.43 Å². The third-order valence-electron chi connectivity index (χ3n) is 0.996. The van der Waals surface area contributed by atoms with Crippen LogP contribution in [0.2, 0.25) is 19.6 Å². The second-order valence-corrected chi connectivity index (χ2v) is 8.39. The smallest absolute Gasteiger partial charge is 0.242 e. The Kier molecular flexibility index (Phi) is 4.10. The van der Waals surface area contributed by atoms with Crippen LogP contribution in [0.25, 0.3) is 0 Å². The summed E-state index contributed by atoms with van der Waals surface area (Å²) in [6.07, 6.45) is 3.82. The van der Waals surface area contributed by atoms with Crippen molar-refractivity contribution in [2.24, 2.45) is 0 Å². The van der Waals surface area contributed by atoms with E-state index in [2.05, 4.69) is 26.2 Å². The van der Waals surface area contributed by atoms with E-state index in [1.165, 1.54) is 0 Å². The minimum absolute atomic E-state index is 0.753. The fraction of sp³-hybridized carbons (Fsp3) is 0.556. The maximum atomic E-state index is 5.62. The van der Waals surface area contributed by atoms with Gasteiger partial charge < -0.3 is 9.33 Å². The van der Waals surface area contributed by atoms with Gasteiger partial charge in [0.15, 0.2) is 0 Å². The highest BCUT2D eigenvalue weighted by atomic mass is 28.4. The monoisotopic (exact) mass is 185 g/mol. The van der Waals surface area contributed by atoms with Crippen molar-refractivity contribution in [1.29, 1.82) is 0 Å². The van der Waals surface area contributed by atoms with Crippen molar-refractivity contribution in [3.8, 4) is 0 Å². The molecule has 0 spiro atoms. The van der Waals surface area contributed by atoms with Crippen LogP contribution in [0.1, 0.15) is 0 Å². The number of hydrogen-bond donors (Lipinski definition) is 0. The molecule has 0 rings (SSSR count). The zero-order valence-corrected chi connectivity index (χ0v) is 9.72. The van der Waals surface area contributed by atoms with E-state index < -0.39 is 8.32 Å². The fourth-order valence-electron chi connectivity index (χ4n) is 0.660. The predicted molar refractivity (Wildman–Crippen MR) is 56.4 cm³/mol. The van der Waals surface area contributed by atoms with Crippen LogP contribution in [-0.2, 0) is 4.43 Å². The molecule has 70 valence electrons. The summed E-state index contributed by atoms with van der Waals surface area (Å²) >= 11 is 0. The Morgan fingerprint density at radius 2 is 1.83 bits per heavy atom. The number of hydrogen-bond acceptors (Lipinski definition) is 2. The highest BCUT2D eigenvalue weighted by Crippen LogP contribution is 2.09. The lowest BCUT2D eigenvalue weighted by Gasteiger charge is -2.19. The second kappa shape index (κ2) is 4.35. The Balaban J connectivity index is 3.91.